The van der Waals surface area contributed by atoms with E-state index in [0.29, 0.717) is 11.8 Å². The van der Waals surface area contributed by atoms with Crippen LogP contribution in [0.2, 0.25) is 19.6 Å². The van der Waals surface area contributed by atoms with Gasteiger partial charge >= 0.3 is 0 Å². The van der Waals surface area contributed by atoms with Gasteiger partial charge in [0.1, 0.15) is 5.58 Å². The van der Waals surface area contributed by atoms with Crippen molar-refractivity contribution >= 4 is 67.9 Å². The number of hydrogen-bond donors (Lipinski definition) is 0. The number of para-hydroxylation sites is 3. The van der Waals surface area contributed by atoms with E-state index >= 15 is 0 Å². The molecule has 8 heteroatoms. The van der Waals surface area contributed by atoms with E-state index in [1.807, 2.05) is 61.1 Å². The van der Waals surface area contributed by atoms with E-state index in [9.17, 15) is 0 Å². The molecule has 0 spiro atoms. The number of furan rings is 1. The first-order valence-corrected chi connectivity index (χ1v) is 23.5. The predicted octanol–water partition coefficient (Wildman–Crippen LogP) is 12.8. The van der Waals surface area contributed by atoms with Gasteiger partial charge in [0.2, 0.25) is 0 Å². The van der Waals surface area contributed by atoms with Crippen LogP contribution in [0.1, 0.15) is 50.7 Å². The van der Waals surface area contributed by atoms with Crippen molar-refractivity contribution in [2.75, 3.05) is 0 Å². The molecule has 5 aromatic heterocycles. The van der Waals surface area contributed by atoms with Gasteiger partial charge < -0.3 is 14.0 Å². The van der Waals surface area contributed by atoms with Crippen LogP contribution in [0.15, 0.2) is 138 Å². The van der Waals surface area contributed by atoms with Gasteiger partial charge in [0.25, 0.3) is 0 Å². The van der Waals surface area contributed by atoms with Crippen LogP contribution in [0.25, 0.3) is 83.0 Å². The molecule has 0 bridgehead atoms. The second-order valence-corrected chi connectivity index (χ2v) is 21.7. The number of nitrogens with zero attached hydrogens (tertiary/aromatic N) is 5. The van der Waals surface area contributed by atoms with E-state index in [1.54, 1.807) is 6.20 Å². The Bertz CT molecular complexity index is 3080. The minimum Gasteiger partial charge on any atom is -0.501 e. The fraction of sp³-hybridized carbons (Fsp3) is 0.176. The third-order valence-corrected chi connectivity index (χ3v) is 13.0. The Balaban J connectivity index is 0.000000240. The summed E-state index contributed by atoms with van der Waals surface area (Å²) in [6.07, 6.45) is 7.62. The van der Waals surface area contributed by atoms with Crippen molar-refractivity contribution in [1.29, 1.82) is 0 Å². The molecule has 0 saturated carbocycles. The number of fused-ring (bicyclic) bond motifs is 7. The second kappa shape index (κ2) is 16.1. The van der Waals surface area contributed by atoms with Crippen LogP contribution < -0.4 is 5.19 Å². The molecule has 295 valence electrons. The smallest absolute Gasteiger partial charge is 0.121 e. The number of pyridine rings is 3. The first-order chi connectivity index (χ1) is 28.1. The summed E-state index contributed by atoms with van der Waals surface area (Å²) in [6, 6.07) is 44.3. The molecule has 0 fully saturated rings. The van der Waals surface area contributed by atoms with E-state index in [-0.39, 0.29) is 20.1 Å². The summed E-state index contributed by atoms with van der Waals surface area (Å²) in [6.45, 7) is 16.0. The maximum atomic E-state index is 6.70. The molecule has 5 aromatic carbocycles. The summed E-state index contributed by atoms with van der Waals surface area (Å²) in [4.78, 5) is 18.9. The molecule has 5 heterocycles. The Hall–Kier alpha value is -5.79. The molecule has 0 aliphatic rings. The van der Waals surface area contributed by atoms with Crippen molar-refractivity contribution in [1.82, 2.24) is 24.5 Å². The van der Waals surface area contributed by atoms with Gasteiger partial charge in [0.15, 0.2) is 0 Å². The summed E-state index contributed by atoms with van der Waals surface area (Å²) in [7, 11) is -1.23. The number of hydrogen-bond acceptors (Lipinski definition) is 5. The Morgan fingerprint density at radius 3 is 2.15 bits per heavy atom. The van der Waals surface area contributed by atoms with Crippen molar-refractivity contribution in [3.8, 4) is 28.3 Å². The molecule has 10 rings (SSSR count). The molecule has 0 aliphatic carbocycles. The van der Waals surface area contributed by atoms with Gasteiger partial charge in [-0.15, -0.1) is 54.1 Å². The summed E-state index contributed by atoms with van der Waals surface area (Å²) in [5.41, 5.74) is 11.2. The van der Waals surface area contributed by atoms with Crippen LogP contribution >= 0.6 is 0 Å². The predicted molar refractivity (Wildman–Crippen MR) is 243 cm³/mol. The molecule has 0 amide bonds. The van der Waals surface area contributed by atoms with E-state index in [2.05, 4.69) is 141 Å². The molecule has 0 atom stereocenters. The fourth-order valence-corrected chi connectivity index (χ4v) is 8.92. The van der Waals surface area contributed by atoms with Gasteiger partial charge in [-0.2, -0.15) is 0 Å². The van der Waals surface area contributed by atoms with Crippen molar-refractivity contribution in [3.63, 3.8) is 0 Å². The third kappa shape index (κ3) is 7.42. The van der Waals surface area contributed by atoms with E-state index in [1.165, 1.54) is 22.0 Å². The maximum absolute atomic E-state index is 6.70. The molecule has 59 heavy (non-hydrogen) atoms. The standard InChI is InChI=1S/C37H29N4O.C14H16NSi.Ir/c1-21(2)24-9-7-10-25(22(3)4)35(24)41-33-14-6-5-13-31(33)40-37(41)27-12-8-11-26-29-17-32-28(18-34(29)42-36(26)27)30-20-38-16-15-23(30)19-39-32;1-16(2,3)13-9-10-14(15-11-13)12-7-5-4-6-8-12;/h5-11,13-22H,1-4H3;4-7,9-11H,1-3H3;/q2*-1;. The molecule has 0 saturated heterocycles. The Morgan fingerprint density at radius 1 is 0.661 bits per heavy atom. The normalized spacial score (nSPS) is 11.8. The number of aromatic nitrogens is 5. The van der Waals surface area contributed by atoms with Crippen LogP contribution in [0, 0.1) is 12.1 Å². The van der Waals surface area contributed by atoms with Gasteiger partial charge in [-0.1, -0.05) is 101 Å². The number of imidazole rings is 1. The van der Waals surface area contributed by atoms with E-state index < -0.39 is 8.07 Å². The van der Waals surface area contributed by atoms with Crippen molar-refractivity contribution in [3.05, 3.63) is 157 Å². The molecule has 0 aliphatic heterocycles. The quantitative estimate of drug-likeness (QED) is 0.0943. The zero-order chi connectivity index (χ0) is 40.1. The minimum absolute atomic E-state index is 0. The van der Waals surface area contributed by atoms with Crippen LogP contribution in [0.5, 0.6) is 0 Å². The number of rotatable bonds is 6. The molecular weight excluding hydrogens is 919 g/mol. The fourth-order valence-electron chi connectivity index (χ4n) is 7.89. The van der Waals surface area contributed by atoms with E-state index in [0.717, 1.165) is 77.3 Å². The largest absolute Gasteiger partial charge is 0.501 e. The van der Waals surface area contributed by atoms with Gasteiger partial charge in [-0.3, -0.25) is 15.0 Å². The van der Waals surface area contributed by atoms with E-state index in [4.69, 9.17) is 14.4 Å². The maximum Gasteiger partial charge on any atom is 0.121 e. The molecule has 10 aromatic rings. The first-order valence-electron chi connectivity index (χ1n) is 20.0. The van der Waals surface area contributed by atoms with Crippen LogP contribution in [-0.2, 0) is 20.1 Å². The Kier molecular flexibility index (Phi) is 10.9. The van der Waals surface area contributed by atoms with Crippen molar-refractivity contribution in [2.24, 2.45) is 0 Å². The van der Waals surface area contributed by atoms with Gasteiger partial charge in [0.05, 0.1) is 36.0 Å². The average molecular weight is 964 g/mol. The van der Waals surface area contributed by atoms with Crippen LogP contribution in [-0.4, -0.2) is 32.6 Å². The SMILES string of the molecule is CC(C)c1cccc(C(C)C)c1-n1c(-c2[c-]ccc3c2oc2cc4c(cc23)ncc2ccncc24)nc2ccccc21.C[Si](C)(C)c1ccc(-c2[c-]cccc2)nc1.[Ir]. The molecule has 1 radical (unpaired) electrons. The average Bonchev–Trinajstić information content (AvgIpc) is 3.81. The topological polar surface area (TPSA) is 69.6 Å². The minimum atomic E-state index is -1.23. The summed E-state index contributed by atoms with van der Waals surface area (Å²) >= 11 is 0. The summed E-state index contributed by atoms with van der Waals surface area (Å²) in [5, 5.41) is 6.58. The third-order valence-electron chi connectivity index (χ3n) is 11.0. The second-order valence-electron chi connectivity index (χ2n) is 16.6. The van der Waals surface area contributed by atoms with Gasteiger partial charge in [0, 0.05) is 72.1 Å². The molecular formula is C51H45IrN5OSi-2. The zero-order valence-corrected chi connectivity index (χ0v) is 37.7. The monoisotopic (exact) mass is 964 g/mol. The first kappa shape index (κ1) is 40.0. The zero-order valence-electron chi connectivity index (χ0n) is 34.3. The van der Waals surface area contributed by atoms with Crippen LogP contribution in [0.4, 0.5) is 0 Å². The molecule has 6 nitrogen and oxygen atoms in total. The summed E-state index contributed by atoms with van der Waals surface area (Å²) < 4.78 is 9.03. The molecule has 0 unspecified atom stereocenters. The van der Waals surface area contributed by atoms with Gasteiger partial charge in [-0.25, -0.2) is 0 Å². The Labute approximate surface area is 359 Å². The van der Waals surface area contributed by atoms with Crippen molar-refractivity contribution in [2.45, 2.75) is 59.2 Å². The van der Waals surface area contributed by atoms with Crippen molar-refractivity contribution < 1.29 is 24.5 Å². The van der Waals surface area contributed by atoms with Crippen LogP contribution in [0.3, 0.4) is 0 Å². The number of benzene rings is 5. The molecule has 0 N–H and O–H groups in total. The van der Waals surface area contributed by atoms with Gasteiger partial charge in [-0.05, 0) is 64.2 Å². The Morgan fingerprint density at radius 2 is 1.44 bits per heavy atom. The summed E-state index contributed by atoms with van der Waals surface area (Å²) in [5.74, 6) is 1.50.